The molecule has 6 N–H and O–H groups in total. The smallest absolute Gasteiger partial charge is 0.328 e. The van der Waals surface area contributed by atoms with Crippen molar-refractivity contribution in [1.82, 2.24) is 5.32 Å². The number of amides is 1. The molecule has 0 aromatic heterocycles. The quantitative estimate of drug-likeness (QED) is 0.441. The Bertz CT molecular complexity index is 446. The fraction of sp³-hybridized carbons (Fsp3) is 0.333. The number of nitrogens with two attached hydrogens (primary N) is 1. The summed E-state index contributed by atoms with van der Waals surface area (Å²) in [7, 11) is 0. The van der Waals surface area contributed by atoms with E-state index in [0.29, 0.717) is 0 Å². The normalized spacial score (nSPS) is 13.6. The number of aliphatic hydroxyl groups excluding tert-OH is 1. The maximum Gasteiger partial charge on any atom is 0.328 e. The summed E-state index contributed by atoms with van der Waals surface area (Å²) >= 11 is 0. The van der Waals surface area contributed by atoms with Gasteiger partial charge in [-0.1, -0.05) is 12.1 Å². The number of phenolic OH excluding ortho intramolecular Hbond substituents is 1. The lowest BCUT2D eigenvalue weighted by atomic mass is 10.1. The molecular formula is C12H16N2O5. The van der Waals surface area contributed by atoms with Gasteiger partial charge in [0.25, 0.3) is 0 Å². The number of hydrogen-bond donors (Lipinski definition) is 5. The molecule has 2 atom stereocenters. The van der Waals surface area contributed by atoms with Crippen molar-refractivity contribution >= 4 is 11.9 Å². The average Bonchev–Trinajstić information content (AvgIpc) is 2.37. The number of aliphatic hydroxyl groups is 1. The van der Waals surface area contributed by atoms with Crippen molar-refractivity contribution in [3.8, 4) is 5.75 Å². The summed E-state index contributed by atoms with van der Waals surface area (Å²) < 4.78 is 0. The van der Waals surface area contributed by atoms with Gasteiger partial charge in [-0.25, -0.2) is 4.79 Å². The van der Waals surface area contributed by atoms with E-state index in [1.807, 2.05) is 0 Å². The monoisotopic (exact) mass is 268 g/mol. The van der Waals surface area contributed by atoms with E-state index in [1.54, 1.807) is 12.1 Å². The number of carbonyl (C=O) groups is 2. The first-order valence-electron chi connectivity index (χ1n) is 5.61. The van der Waals surface area contributed by atoms with Gasteiger partial charge in [-0.05, 0) is 24.1 Å². The maximum atomic E-state index is 11.6. The van der Waals surface area contributed by atoms with Crippen molar-refractivity contribution in [3.63, 3.8) is 0 Å². The van der Waals surface area contributed by atoms with E-state index < -0.39 is 30.6 Å². The maximum absolute atomic E-state index is 11.6. The highest BCUT2D eigenvalue weighted by molar-refractivity contribution is 5.87. The Morgan fingerprint density at radius 2 is 1.84 bits per heavy atom. The number of nitrogens with one attached hydrogen (secondary N) is 1. The Kier molecular flexibility index (Phi) is 5.28. The molecule has 0 aliphatic heterocycles. The summed E-state index contributed by atoms with van der Waals surface area (Å²) in [6.45, 7) is -0.701. The van der Waals surface area contributed by atoms with Crippen molar-refractivity contribution in [1.29, 1.82) is 0 Å². The Morgan fingerprint density at radius 3 is 2.32 bits per heavy atom. The highest BCUT2D eigenvalue weighted by Gasteiger charge is 2.22. The first-order chi connectivity index (χ1) is 8.93. The lowest BCUT2D eigenvalue weighted by molar-refractivity contribution is -0.143. The van der Waals surface area contributed by atoms with E-state index in [1.165, 1.54) is 12.1 Å². The second-order valence-corrected chi connectivity index (χ2v) is 4.06. The Hall–Kier alpha value is -2.12. The molecular weight excluding hydrogens is 252 g/mol. The Balaban J connectivity index is 2.57. The van der Waals surface area contributed by atoms with Gasteiger partial charge in [-0.15, -0.1) is 0 Å². The van der Waals surface area contributed by atoms with Crippen molar-refractivity contribution in [3.05, 3.63) is 29.8 Å². The third-order valence-corrected chi connectivity index (χ3v) is 2.53. The number of benzene rings is 1. The molecule has 1 amide bonds. The van der Waals surface area contributed by atoms with Crippen LogP contribution in [0.15, 0.2) is 24.3 Å². The van der Waals surface area contributed by atoms with Crippen LogP contribution in [-0.2, 0) is 16.0 Å². The molecule has 1 aromatic carbocycles. The molecule has 0 radical (unpaired) electrons. The van der Waals surface area contributed by atoms with Crippen LogP contribution in [-0.4, -0.2) is 45.9 Å². The minimum Gasteiger partial charge on any atom is -0.508 e. The van der Waals surface area contributed by atoms with Crippen LogP contribution >= 0.6 is 0 Å². The van der Waals surface area contributed by atoms with Crippen LogP contribution in [0.2, 0.25) is 0 Å². The summed E-state index contributed by atoms with van der Waals surface area (Å²) in [5, 5.41) is 28.7. The second-order valence-electron chi connectivity index (χ2n) is 4.06. The third-order valence-electron chi connectivity index (χ3n) is 2.53. The van der Waals surface area contributed by atoms with Crippen LogP contribution in [0.4, 0.5) is 0 Å². The minimum absolute atomic E-state index is 0.105. The zero-order valence-corrected chi connectivity index (χ0v) is 10.1. The average molecular weight is 268 g/mol. The van der Waals surface area contributed by atoms with Crippen LogP contribution in [0.25, 0.3) is 0 Å². The molecule has 1 aromatic rings. The van der Waals surface area contributed by atoms with Crippen molar-refractivity contribution in [2.45, 2.75) is 18.5 Å². The fourth-order valence-corrected chi connectivity index (χ4v) is 1.44. The number of aliphatic carboxylic acids is 1. The molecule has 0 heterocycles. The second kappa shape index (κ2) is 6.72. The molecule has 0 saturated heterocycles. The molecule has 0 fully saturated rings. The van der Waals surface area contributed by atoms with E-state index >= 15 is 0 Å². The number of carboxylic acid groups (broad SMARTS) is 1. The fourth-order valence-electron chi connectivity index (χ4n) is 1.44. The lowest BCUT2D eigenvalue weighted by Gasteiger charge is -2.16. The van der Waals surface area contributed by atoms with E-state index in [4.69, 9.17) is 21.1 Å². The predicted molar refractivity (Wildman–Crippen MR) is 66.4 cm³/mol. The van der Waals surface area contributed by atoms with Gasteiger partial charge >= 0.3 is 5.97 Å². The molecule has 0 saturated carbocycles. The summed E-state index contributed by atoms with van der Waals surface area (Å²) in [5.74, 6) is -1.88. The number of carboxylic acids is 1. The summed E-state index contributed by atoms with van der Waals surface area (Å²) in [6, 6.07) is 3.87. The van der Waals surface area contributed by atoms with Gasteiger partial charge < -0.3 is 26.4 Å². The van der Waals surface area contributed by atoms with Crippen molar-refractivity contribution in [2.24, 2.45) is 5.73 Å². The molecule has 7 nitrogen and oxygen atoms in total. The summed E-state index contributed by atoms with van der Waals surface area (Å²) in [6.07, 6.45) is 0.198. The molecule has 104 valence electrons. The van der Waals surface area contributed by atoms with Gasteiger partial charge in [0.2, 0.25) is 5.91 Å². The zero-order valence-electron chi connectivity index (χ0n) is 10.1. The molecule has 7 heteroatoms. The van der Waals surface area contributed by atoms with Gasteiger partial charge in [-0.3, -0.25) is 4.79 Å². The van der Waals surface area contributed by atoms with Crippen LogP contribution in [0.1, 0.15) is 5.56 Å². The molecule has 0 aliphatic rings. The summed E-state index contributed by atoms with van der Waals surface area (Å²) in [4.78, 5) is 22.3. The number of hydrogen-bond acceptors (Lipinski definition) is 5. The van der Waals surface area contributed by atoms with Crippen LogP contribution < -0.4 is 11.1 Å². The Labute approximate surface area is 109 Å². The first-order valence-corrected chi connectivity index (χ1v) is 5.61. The van der Waals surface area contributed by atoms with Crippen molar-refractivity contribution in [2.75, 3.05) is 6.61 Å². The largest absolute Gasteiger partial charge is 0.508 e. The Morgan fingerprint density at radius 1 is 1.26 bits per heavy atom. The zero-order chi connectivity index (χ0) is 14.4. The van der Waals surface area contributed by atoms with Gasteiger partial charge in [0.15, 0.2) is 0 Å². The number of carbonyl (C=O) groups excluding carboxylic acids is 1. The number of phenols is 1. The van der Waals surface area contributed by atoms with Gasteiger partial charge in [-0.2, -0.15) is 0 Å². The number of rotatable bonds is 6. The SMILES string of the molecule is N[C@H](Cc1ccc(O)cc1)C(=O)N[C@H](CO)C(=O)O. The van der Waals surface area contributed by atoms with E-state index in [-0.39, 0.29) is 12.2 Å². The van der Waals surface area contributed by atoms with Gasteiger partial charge in [0.1, 0.15) is 11.8 Å². The highest BCUT2D eigenvalue weighted by atomic mass is 16.4. The minimum atomic E-state index is -1.36. The van der Waals surface area contributed by atoms with Crippen LogP contribution in [0.5, 0.6) is 5.75 Å². The topological polar surface area (TPSA) is 133 Å². The van der Waals surface area contributed by atoms with E-state index in [9.17, 15) is 9.59 Å². The molecule has 1 rings (SSSR count). The van der Waals surface area contributed by atoms with E-state index in [2.05, 4.69) is 5.32 Å². The van der Waals surface area contributed by atoms with Crippen molar-refractivity contribution < 1.29 is 24.9 Å². The molecule has 19 heavy (non-hydrogen) atoms. The molecule has 0 unspecified atom stereocenters. The molecule has 0 aliphatic carbocycles. The number of aromatic hydroxyl groups is 1. The predicted octanol–water partition coefficient (Wildman–Crippen LogP) is -1.18. The highest BCUT2D eigenvalue weighted by Crippen LogP contribution is 2.10. The lowest BCUT2D eigenvalue weighted by Crippen LogP contribution is -2.50. The molecule has 0 spiro atoms. The molecule has 0 bridgehead atoms. The van der Waals surface area contributed by atoms with Crippen LogP contribution in [0.3, 0.4) is 0 Å². The third kappa shape index (κ3) is 4.57. The van der Waals surface area contributed by atoms with Gasteiger partial charge in [0, 0.05) is 0 Å². The standard InChI is InChI=1S/C12H16N2O5/c13-9(5-7-1-3-8(16)4-2-7)11(17)14-10(6-15)12(18)19/h1-4,9-10,15-16H,5-6,13H2,(H,14,17)(H,18,19)/t9-,10-/m1/s1. The first kappa shape index (κ1) is 14.9. The van der Waals surface area contributed by atoms with Crippen LogP contribution in [0, 0.1) is 0 Å². The summed E-state index contributed by atoms with van der Waals surface area (Å²) in [5.41, 5.74) is 6.37. The van der Waals surface area contributed by atoms with E-state index in [0.717, 1.165) is 5.56 Å². The van der Waals surface area contributed by atoms with Gasteiger partial charge in [0.05, 0.1) is 12.6 Å².